The molecule has 9 heavy (non-hydrogen) atoms. The molecule has 0 saturated carbocycles. The van der Waals surface area contributed by atoms with Crippen LogP contribution < -0.4 is 0 Å². The molecule has 0 unspecified atom stereocenters. The van der Waals surface area contributed by atoms with Gasteiger partial charge in [-0.1, -0.05) is 6.54 Å². The predicted octanol–water partition coefficient (Wildman–Crippen LogP) is 0.177. The maximum Gasteiger partial charge on any atom is 0.0999 e. The zero-order chi connectivity index (χ0) is 5.82. The third-order valence-electron chi connectivity index (χ3n) is 1.19. The van der Waals surface area contributed by atoms with E-state index >= 15 is 0 Å². The maximum absolute atomic E-state index is 9.73. The van der Waals surface area contributed by atoms with Crippen molar-refractivity contribution >= 4 is 6.29 Å². The van der Waals surface area contributed by atoms with Gasteiger partial charge in [-0.15, -0.1) is 0 Å². The van der Waals surface area contributed by atoms with Crippen LogP contribution in [0.4, 0.5) is 0 Å². The molecule has 0 N–H and O–H groups in total. The van der Waals surface area contributed by atoms with Crippen molar-refractivity contribution in [3.05, 3.63) is 5.43 Å². The average molecular weight is 202 g/mol. The summed E-state index contributed by atoms with van der Waals surface area (Å²) in [6.45, 7) is 2.40. The van der Waals surface area contributed by atoms with Gasteiger partial charge in [0.05, 0.1) is 6.29 Å². The van der Waals surface area contributed by atoms with E-state index in [1.54, 1.807) is 0 Å². The van der Waals surface area contributed by atoms with Gasteiger partial charge in [0.2, 0.25) is 0 Å². The molecule has 1 heterocycles. The summed E-state index contributed by atoms with van der Waals surface area (Å²) >= 11 is 0. The van der Waals surface area contributed by atoms with Crippen molar-refractivity contribution in [2.75, 3.05) is 19.6 Å². The largest absolute Gasteiger partial charge is 0.588 e. The maximum atomic E-state index is 9.73. The minimum Gasteiger partial charge on any atom is -0.588 e. The summed E-state index contributed by atoms with van der Waals surface area (Å²) in [7, 11) is 0. The molecule has 0 amide bonds. The molecule has 0 spiro atoms. The van der Waals surface area contributed by atoms with E-state index in [4.69, 9.17) is 0 Å². The molecule has 1 aliphatic heterocycles. The van der Waals surface area contributed by atoms with Crippen LogP contribution in [-0.2, 0) is 37.5 Å². The summed E-state index contributed by atoms with van der Waals surface area (Å²) in [4.78, 5) is 9.73. The van der Waals surface area contributed by atoms with Crippen molar-refractivity contribution in [1.82, 2.24) is 5.01 Å². The number of aldehydes is 1. The SMILES string of the molecule is O=CC[N-]N1CCC1.[Y]. The molecule has 0 atom stereocenters. The van der Waals surface area contributed by atoms with Crippen molar-refractivity contribution in [3.8, 4) is 0 Å². The summed E-state index contributed by atoms with van der Waals surface area (Å²) in [6, 6.07) is 0. The molecule has 1 radical (unpaired) electrons. The van der Waals surface area contributed by atoms with E-state index < -0.39 is 0 Å². The van der Waals surface area contributed by atoms with Gasteiger partial charge in [-0.25, -0.2) is 0 Å². The molecule has 0 aromatic heterocycles. The van der Waals surface area contributed by atoms with Crippen LogP contribution in [0.15, 0.2) is 0 Å². The molecule has 0 aromatic rings. The monoisotopic (exact) mass is 202 g/mol. The van der Waals surface area contributed by atoms with Gasteiger partial charge in [0, 0.05) is 32.7 Å². The van der Waals surface area contributed by atoms with Crippen LogP contribution in [0.2, 0.25) is 0 Å². The fourth-order valence-corrected chi connectivity index (χ4v) is 0.590. The van der Waals surface area contributed by atoms with Crippen molar-refractivity contribution in [1.29, 1.82) is 0 Å². The second-order valence-corrected chi connectivity index (χ2v) is 1.80. The second-order valence-electron chi connectivity index (χ2n) is 1.80. The van der Waals surface area contributed by atoms with Crippen LogP contribution in [0.3, 0.4) is 0 Å². The zero-order valence-corrected chi connectivity index (χ0v) is 8.12. The smallest absolute Gasteiger partial charge is 0.0999 e. The van der Waals surface area contributed by atoms with Crippen LogP contribution in [0.5, 0.6) is 0 Å². The molecule has 0 aromatic carbocycles. The van der Waals surface area contributed by atoms with Gasteiger partial charge in [0.1, 0.15) is 0 Å². The van der Waals surface area contributed by atoms with Gasteiger partial charge in [0.15, 0.2) is 0 Å². The van der Waals surface area contributed by atoms with Crippen LogP contribution >= 0.6 is 0 Å². The number of carbonyl (C=O) groups excluding carboxylic acids is 1. The summed E-state index contributed by atoms with van der Waals surface area (Å²) in [5, 5.41) is 1.91. The normalized spacial score (nSPS) is 17.8. The fourth-order valence-electron chi connectivity index (χ4n) is 0.590. The molecule has 4 heteroatoms. The Bertz CT molecular complexity index is 85.0. The molecule has 0 aliphatic carbocycles. The Morgan fingerprint density at radius 1 is 1.56 bits per heavy atom. The van der Waals surface area contributed by atoms with E-state index in [-0.39, 0.29) is 32.7 Å². The van der Waals surface area contributed by atoms with Gasteiger partial charge in [-0.2, -0.15) is 0 Å². The number of hydrogen-bond donors (Lipinski definition) is 0. The summed E-state index contributed by atoms with van der Waals surface area (Å²) < 4.78 is 0. The first-order chi connectivity index (χ1) is 3.93. The Hall–Kier alpha value is 0.694. The minimum absolute atomic E-state index is 0. The van der Waals surface area contributed by atoms with E-state index in [0.717, 1.165) is 19.4 Å². The second kappa shape index (κ2) is 5.48. The fraction of sp³-hybridized carbons (Fsp3) is 0.800. The van der Waals surface area contributed by atoms with Crippen LogP contribution in [0.1, 0.15) is 6.42 Å². The average Bonchev–Trinajstić information content (AvgIpc) is 1.63. The third kappa shape index (κ3) is 3.41. The molecule has 49 valence electrons. The quantitative estimate of drug-likeness (QED) is 0.611. The Balaban J connectivity index is 0.000000640. The topological polar surface area (TPSA) is 34.4 Å². The van der Waals surface area contributed by atoms with E-state index in [0.29, 0.717) is 6.54 Å². The van der Waals surface area contributed by atoms with E-state index in [1.807, 2.05) is 5.01 Å². The summed E-state index contributed by atoms with van der Waals surface area (Å²) in [5.74, 6) is 0. The standard InChI is InChI=1S/C5H9N2O.Y/c8-5-2-6-7-3-1-4-7;/h5H,1-4H2;/q-1;. The molecule has 1 saturated heterocycles. The first-order valence-corrected chi connectivity index (χ1v) is 2.79. The Morgan fingerprint density at radius 2 is 2.22 bits per heavy atom. The minimum atomic E-state index is 0. The van der Waals surface area contributed by atoms with Gasteiger partial charge < -0.3 is 15.2 Å². The molecule has 3 nitrogen and oxygen atoms in total. The predicted molar refractivity (Wildman–Crippen MR) is 30.5 cm³/mol. The number of nitrogens with zero attached hydrogens (tertiary/aromatic N) is 2. The van der Waals surface area contributed by atoms with Crippen molar-refractivity contribution in [2.45, 2.75) is 6.42 Å². The van der Waals surface area contributed by atoms with Gasteiger partial charge in [-0.05, 0) is 19.5 Å². The van der Waals surface area contributed by atoms with Crippen LogP contribution in [-0.4, -0.2) is 30.9 Å². The van der Waals surface area contributed by atoms with E-state index in [2.05, 4.69) is 5.43 Å². The Morgan fingerprint density at radius 3 is 2.56 bits per heavy atom. The molecule has 0 bridgehead atoms. The van der Waals surface area contributed by atoms with Crippen molar-refractivity contribution < 1.29 is 37.5 Å². The van der Waals surface area contributed by atoms with Crippen molar-refractivity contribution in [3.63, 3.8) is 0 Å². The molecule has 1 rings (SSSR count). The summed E-state index contributed by atoms with van der Waals surface area (Å²) in [5.41, 5.74) is 3.91. The van der Waals surface area contributed by atoms with Crippen LogP contribution in [0.25, 0.3) is 5.43 Å². The van der Waals surface area contributed by atoms with Crippen molar-refractivity contribution in [2.24, 2.45) is 0 Å². The molecule has 1 fully saturated rings. The number of hydrogen-bond acceptors (Lipinski definition) is 2. The summed E-state index contributed by atoms with van der Waals surface area (Å²) in [6.07, 6.45) is 2.04. The van der Waals surface area contributed by atoms with E-state index in [1.165, 1.54) is 6.42 Å². The van der Waals surface area contributed by atoms with Gasteiger partial charge in [0.25, 0.3) is 0 Å². The van der Waals surface area contributed by atoms with Gasteiger partial charge >= 0.3 is 0 Å². The first kappa shape index (κ1) is 9.69. The first-order valence-electron chi connectivity index (χ1n) is 2.79. The zero-order valence-electron chi connectivity index (χ0n) is 5.29. The molecular formula is C5H9N2OY-. The Kier molecular flexibility index (Phi) is 5.90. The molecular weight excluding hydrogens is 193 g/mol. The Labute approximate surface area is 80.0 Å². The van der Waals surface area contributed by atoms with Crippen LogP contribution in [0, 0.1) is 0 Å². The molecule has 1 aliphatic rings. The number of carbonyl (C=O) groups is 1. The third-order valence-corrected chi connectivity index (χ3v) is 1.19. The van der Waals surface area contributed by atoms with E-state index in [9.17, 15) is 4.79 Å². The van der Waals surface area contributed by atoms with Gasteiger partial charge in [-0.3, -0.25) is 0 Å². The number of rotatable bonds is 3.